The molecular weight excluding hydrogens is 320 g/mol. The van der Waals surface area contributed by atoms with Crippen molar-refractivity contribution in [2.45, 2.75) is 32.4 Å². The smallest absolute Gasteiger partial charge is 0.222 e. The van der Waals surface area contributed by atoms with Crippen LogP contribution in [0.3, 0.4) is 0 Å². The van der Waals surface area contributed by atoms with E-state index < -0.39 is 0 Å². The summed E-state index contributed by atoms with van der Waals surface area (Å²) in [7, 11) is 0. The third kappa shape index (κ3) is 3.94. The largest absolute Gasteiger partial charge is 0.369 e. The van der Waals surface area contributed by atoms with Gasteiger partial charge in [0.25, 0.3) is 0 Å². The summed E-state index contributed by atoms with van der Waals surface area (Å²) >= 11 is 1.76. The number of thiophene rings is 1. The standard InChI is InChI=1S/C18H24N4OS/c1-13(16-7-4-10-24-16)21-11-14-5-2-8-20-18(14)22-9-3-6-15(12-22)17(19)23/h2,4-5,7-8,10,13,15,21H,3,6,9,11-12H2,1H3,(H2,19,23)/t13-,15+/m0/s1. The maximum absolute atomic E-state index is 11.5. The molecule has 2 atom stereocenters. The highest BCUT2D eigenvalue weighted by Gasteiger charge is 2.26. The van der Waals surface area contributed by atoms with E-state index in [0.29, 0.717) is 12.6 Å². The van der Waals surface area contributed by atoms with E-state index in [1.165, 1.54) is 4.88 Å². The second kappa shape index (κ2) is 7.77. The number of carbonyl (C=O) groups is 1. The molecule has 3 N–H and O–H groups in total. The van der Waals surface area contributed by atoms with Crippen LogP contribution in [0.5, 0.6) is 0 Å². The van der Waals surface area contributed by atoms with Gasteiger partial charge in [0.2, 0.25) is 5.91 Å². The average Bonchev–Trinajstić information content (AvgIpc) is 3.15. The van der Waals surface area contributed by atoms with Gasteiger partial charge in [0, 0.05) is 42.3 Å². The molecule has 0 aliphatic carbocycles. The molecule has 6 heteroatoms. The first kappa shape index (κ1) is 16.9. The van der Waals surface area contributed by atoms with E-state index in [1.807, 2.05) is 12.3 Å². The minimum atomic E-state index is -0.207. The Bertz CT molecular complexity index is 673. The quantitative estimate of drug-likeness (QED) is 0.845. The highest BCUT2D eigenvalue weighted by Crippen LogP contribution is 2.25. The van der Waals surface area contributed by atoms with E-state index >= 15 is 0 Å². The van der Waals surface area contributed by atoms with Gasteiger partial charge in [-0.05, 0) is 37.3 Å². The van der Waals surface area contributed by atoms with Crippen molar-refractivity contribution in [2.24, 2.45) is 11.7 Å². The number of primary amides is 1. The average molecular weight is 344 g/mol. The SMILES string of the molecule is C[C@H](NCc1cccnc1N1CCC[C@@H](C(N)=O)C1)c1cccs1. The fourth-order valence-corrected chi connectivity index (χ4v) is 3.91. The molecule has 1 fully saturated rings. The fourth-order valence-electron chi connectivity index (χ4n) is 3.16. The molecule has 0 unspecified atom stereocenters. The normalized spacial score (nSPS) is 19.2. The van der Waals surface area contributed by atoms with Gasteiger partial charge in [0.05, 0.1) is 5.92 Å². The molecule has 0 spiro atoms. The predicted octanol–water partition coefficient (Wildman–Crippen LogP) is 2.70. The zero-order valence-corrected chi connectivity index (χ0v) is 14.8. The van der Waals surface area contributed by atoms with Gasteiger partial charge in [-0.1, -0.05) is 12.1 Å². The number of hydrogen-bond acceptors (Lipinski definition) is 5. The Morgan fingerprint density at radius 2 is 2.38 bits per heavy atom. The number of hydrogen-bond donors (Lipinski definition) is 2. The molecule has 0 aromatic carbocycles. The second-order valence-electron chi connectivity index (χ2n) is 6.29. The first-order chi connectivity index (χ1) is 11.6. The molecule has 1 aliphatic heterocycles. The van der Waals surface area contributed by atoms with Gasteiger partial charge >= 0.3 is 0 Å². The van der Waals surface area contributed by atoms with Crippen molar-refractivity contribution in [2.75, 3.05) is 18.0 Å². The van der Waals surface area contributed by atoms with Crippen LogP contribution >= 0.6 is 11.3 Å². The first-order valence-corrected chi connectivity index (χ1v) is 9.28. The summed E-state index contributed by atoms with van der Waals surface area (Å²) in [4.78, 5) is 19.6. The van der Waals surface area contributed by atoms with Crippen LogP contribution in [0, 0.1) is 5.92 Å². The highest BCUT2D eigenvalue weighted by molar-refractivity contribution is 7.10. The minimum absolute atomic E-state index is 0.0772. The molecule has 3 heterocycles. The van der Waals surface area contributed by atoms with Crippen molar-refractivity contribution in [1.82, 2.24) is 10.3 Å². The lowest BCUT2D eigenvalue weighted by Crippen LogP contribution is -2.42. The van der Waals surface area contributed by atoms with Crippen LogP contribution < -0.4 is 16.0 Å². The number of nitrogens with zero attached hydrogens (tertiary/aromatic N) is 2. The van der Waals surface area contributed by atoms with Crippen LogP contribution in [0.15, 0.2) is 35.8 Å². The van der Waals surface area contributed by atoms with Crippen LogP contribution in [0.4, 0.5) is 5.82 Å². The van der Waals surface area contributed by atoms with Gasteiger partial charge in [0.15, 0.2) is 0 Å². The Hall–Kier alpha value is -1.92. The summed E-state index contributed by atoms with van der Waals surface area (Å²) in [5, 5.41) is 5.66. The Morgan fingerprint density at radius 3 is 3.12 bits per heavy atom. The predicted molar refractivity (Wildman–Crippen MR) is 97.9 cm³/mol. The van der Waals surface area contributed by atoms with Gasteiger partial charge in [-0.25, -0.2) is 4.98 Å². The number of carbonyl (C=O) groups excluding carboxylic acids is 1. The van der Waals surface area contributed by atoms with Crippen LogP contribution in [0.2, 0.25) is 0 Å². The molecule has 1 aliphatic rings. The second-order valence-corrected chi connectivity index (χ2v) is 7.27. The van der Waals surface area contributed by atoms with E-state index in [2.05, 4.69) is 45.7 Å². The van der Waals surface area contributed by atoms with E-state index in [0.717, 1.165) is 37.3 Å². The van der Waals surface area contributed by atoms with Crippen LogP contribution in [-0.2, 0) is 11.3 Å². The van der Waals surface area contributed by atoms with Gasteiger partial charge in [-0.3, -0.25) is 4.79 Å². The van der Waals surface area contributed by atoms with Crippen molar-refractivity contribution >= 4 is 23.1 Å². The zero-order chi connectivity index (χ0) is 16.9. The number of rotatable bonds is 6. The molecule has 1 amide bonds. The molecule has 2 aromatic rings. The zero-order valence-electron chi connectivity index (χ0n) is 13.9. The summed E-state index contributed by atoms with van der Waals surface area (Å²) in [5.41, 5.74) is 6.66. The Kier molecular flexibility index (Phi) is 5.48. The van der Waals surface area contributed by atoms with Crippen LogP contribution in [-0.4, -0.2) is 24.0 Å². The number of nitrogens with one attached hydrogen (secondary N) is 1. The summed E-state index contributed by atoms with van der Waals surface area (Å²) < 4.78 is 0. The summed E-state index contributed by atoms with van der Waals surface area (Å²) in [6.07, 6.45) is 3.67. The van der Waals surface area contributed by atoms with E-state index in [-0.39, 0.29) is 11.8 Å². The lowest BCUT2D eigenvalue weighted by Gasteiger charge is -2.33. The number of anilines is 1. The van der Waals surface area contributed by atoms with Gasteiger partial charge in [0.1, 0.15) is 5.82 Å². The number of nitrogens with two attached hydrogens (primary N) is 1. The molecule has 5 nitrogen and oxygen atoms in total. The van der Waals surface area contributed by atoms with E-state index in [4.69, 9.17) is 5.73 Å². The number of amides is 1. The summed E-state index contributed by atoms with van der Waals surface area (Å²) in [5.74, 6) is 0.683. The Morgan fingerprint density at radius 1 is 1.50 bits per heavy atom. The third-order valence-electron chi connectivity index (χ3n) is 4.56. The Labute approximate surface area is 146 Å². The topological polar surface area (TPSA) is 71.2 Å². The van der Waals surface area contributed by atoms with Crippen molar-refractivity contribution in [1.29, 1.82) is 0 Å². The van der Waals surface area contributed by atoms with Gasteiger partial charge in [-0.15, -0.1) is 11.3 Å². The van der Waals surface area contributed by atoms with Gasteiger partial charge < -0.3 is 16.0 Å². The number of pyridine rings is 1. The van der Waals surface area contributed by atoms with E-state index in [1.54, 1.807) is 11.3 Å². The van der Waals surface area contributed by atoms with Crippen molar-refractivity contribution in [3.8, 4) is 0 Å². The third-order valence-corrected chi connectivity index (χ3v) is 5.61. The number of piperidine rings is 1. The fraction of sp³-hybridized carbons (Fsp3) is 0.444. The molecule has 3 rings (SSSR count). The lowest BCUT2D eigenvalue weighted by atomic mass is 9.97. The molecule has 0 saturated carbocycles. The maximum atomic E-state index is 11.5. The lowest BCUT2D eigenvalue weighted by molar-refractivity contribution is -0.122. The molecule has 24 heavy (non-hydrogen) atoms. The van der Waals surface area contributed by atoms with Crippen molar-refractivity contribution in [3.63, 3.8) is 0 Å². The molecule has 128 valence electrons. The van der Waals surface area contributed by atoms with Crippen molar-refractivity contribution < 1.29 is 4.79 Å². The molecule has 0 bridgehead atoms. The molecule has 2 aromatic heterocycles. The monoisotopic (exact) mass is 344 g/mol. The molecule has 1 saturated heterocycles. The first-order valence-electron chi connectivity index (χ1n) is 8.40. The molecular formula is C18H24N4OS. The van der Waals surface area contributed by atoms with Gasteiger partial charge in [-0.2, -0.15) is 0 Å². The molecule has 0 radical (unpaired) electrons. The van der Waals surface area contributed by atoms with Crippen LogP contribution in [0.1, 0.15) is 36.2 Å². The van der Waals surface area contributed by atoms with Crippen molar-refractivity contribution in [3.05, 3.63) is 46.3 Å². The Balaban J connectivity index is 1.69. The minimum Gasteiger partial charge on any atom is -0.369 e. The summed E-state index contributed by atoms with van der Waals surface area (Å²) in [6.45, 7) is 4.51. The van der Waals surface area contributed by atoms with Crippen LogP contribution in [0.25, 0.3) is 0 Å². The highest BCUT2D eigenvalue weighted by atomic mass is 32.1. The maximum Gasteiger partial charge on any atom is 0.222 e. The number of aromatic nitrogens is 1. The summed E-state index contributed by atoms with van der Waals surface area (Å²) in [6, 6.07) is 8.59. The van der Waals surface area contributed by atoms with E-state index in [9.17, 15) is 4.79 Å².